The summed E-state index contributed by atoms with van der Waals surface area (Å²) in [6.45, 7) is -2.35. The normalized spacial score (nSPS) is 50.2. The minimum Gasteiger partial charge on any atom is -0.394 e. The maximum absolute atomic E-state index is 11.8. The Balaban J connectivity index is 1.51. The van der Waals surface area contributed by atoms with Crippen molar-refractivity contribution in [1.82, 2.24) is 5.32 Å². The predicted molar refractivity (Wildman–Crippen MR) is 145 cm³/mol. The fraction of sp³-hybridized carbons (Fsp3) is 0.962. The van der Waals surface area contributed by atoms with Gasteiger partial charge in [-0.05, 0) is 0 Å². The first-order valence-electron chi connectivity index (χ1n) is 15.1. The average Bonchev–Trinajstić information content (AvgIpc) is 3.06. The molecule has 0 aliphatic carbocycles. The second-order valence-electron chi connectivity index (χ2n) is 11.9. The fourth-order valence-electron chi connectivity index (χ4n) is 5.95. The quantitative estimate of drug-likeness (QED) is 0.0947. The Morgan fingerprint density at radius 1 is 0.500 bits per heavy atom. The van der Waals surface area contributed by atoms with Gasteiger partial charge in [0.25, 0.3) is 0 Å². The number of nitrogens with one attached hydrogen (secondary N) is 1. The first kappa shape index (κ1) is 39.5. The Hall–Kier alpha value is -1.33. The summed E-state index contributed by atoms with van der Waals surface area (Å²) < 4.78 is 38.4. The molecule has 0 aromatic heterocycles. The highest BCUT2D eigenvalue weighted by Gasteiger charge is 2.55. The number of ether oxygens (including phenoxy) is 7. The van der Waals surface area contributed by atoms with Crippen molar-refractivity contribution in [1.29, 1.82) is 0 Å². The zero-order valence-electron chi connectivity index (χ0n) is 25.5. The van der Waals surface area contributed by atoms with Gasteiger partial charge in [0.1, 0.15) is 97.6 Å². The number of hydrogen-bond donors (Lipinski definition) is 14. The summed E-state index contributed by atoms with van der Waals surface area (Å²) in [7, 11) is 0. The Labute approximate surface area is 272 Å². The van der Waals surface area contributed by atoms with Gasteiger partial charge in [0.2, 0.25) is 5.91 Å². The molecule has 280 valence electrons. The molecule has 4 saturated heterocycles. The van der Waals surface area contributed by atoms with E-state index in [1.807, 2.05) is 0 Å². The first-order valence-corrected chi connectivity index (χ1v) is 15.1. The van der Waals surface area contributed by atoms with E-state index in [4.69, 9.17) is 33.2 Å². The number of amides is 1. The van der Waals surface area contributed by atoms with Gasteiger partial charge in [0.15, 0.2) is 25.2 Å². The molecular formula is C26H45NO21. The number of carbonyl (C=O) groups is 1. The molecule has 0 radical (unpaired) electrons. The standard InChI is InChI=1S/C26H45NO21/c1-6(32)27-11-14(35)12(33)7(2-28)43-24(11)48-22-13(34)8(3-29)44-26(19(22)40)47-21-10(5-31)45-25(18(39)16(21)37)46-20-9(4-30)42-23(41)17(38)15(20)36/h7-26,28-31,33-41H,2-5H2,1H3,(H,27,32)/t7-,8-,9-,10-,11-,12+,13+,14-,15-,16-,17-,18-,19-,20+,21+,22+,23?,24+,25+,26-/m1/s1. The Morgan fingerprint density at radius 2 is 0.938 bits per heavy atom. The molecule has 4 heterocycles. The molecule has 22 nitrogen and oxygen atoms in total. The maximum Gasteiger partial charge on any atom is 0.217 e. The summed E-state index contributed by atoms with van der Waals surface area (Å²) in [5.41, 5.74) is 0. The van der Waals surface area contributed by atoms with Crippen LogP contribution in [0.4, 0.5) is 0 Å². The van der Waals surface area contributed by atoms with Gasteiger partial charge in [0, 0.05) is 6.92 Å². The van der Waals surface area contributed by atoms with Crippen LogP contribution < -0.4 is 5.32 Å². The van der Waals surface area contributed by atoms with Crippen LogP contribution in [0, 0.1) is 0 Å². The fourth-order valence-corrected chi connectivity index (χ4v) is 5.95. The number of carbonyl (C=O) groups excluding carboxylic acids is 1. The lowest BCUT2D eigenvalue weighted by Gasteiger charge is -2.49. The van der Waals surface area contributed by atoms with E-state index in [9.17, 15) is 71.2 Å². The van der Waals surface area contributed by atoms with E-state index in [0.717, 1.165) is 6.92 Å². The van der Waals surface area contributed by atoms with Crippen LogP contribution >= 0.6 is 0 Å². The van der Waals surface area contributed by atoms with Crippen LogP contribution in [0.5, 0.6) is 0 Å². The minimum atomic E-state index is -2.03. The highest BCUT2D eigenvalue weighted by molar-refractivity contribution is 5.73. The van der Waals surface area contributed by atoms with Crippen LogP contribution in [0.15, 0.2) is 0 Å². The summed E-state index contributed by atoms with van der Waals surface area (Å²) in [6.07, 6.45) is -33.5. The molecule has 14 N–H and O–H groups in total. The third kappa shape index (κ3) is 8.08. The van der Waals surface area contributed by atoms with Crippen LogP contribution in [-0.2, 0) is 38.0 Å². The summed E-state index contributed by atoms with van der Waals surface area (Å²) in [4.78, 5) is 11.8. The largest absolute Gasteiger partial charge is 0.394 e. The van der Waals surface area contributed by atoms with Crippen molar-refractivity contribution in [2.45, 2.75) is 130 Å². The highest BCUT2D eigenvalue weighted by atomic mass is 16.8. The Kier molecular flexibility index (Phi) is 13.8. The number of rotatable bonds is 11. The third-order valence-electron chi connectivity index (χ3n) is 8.61. The van der Waals surface area contributed by atoms with Crippen LogP contribution in [0.1, 0.15) is 6.92 Å². The van der Waals surface area contributed by atoms with Gasteiger partial charge in [-0.1, -0.05) is 0 Å². The van der Waals surface area contributed by atoms with Crippen molar-refractivity contribution in [3.63, 3.8) is 0 Å². The monoisotopic (exact) mass is 707 g/mol. The molecule has 20 atom stereocenters. The Bertz CT molecular complexity index is 1030. The second-order valence-corrected chi connectivity index (χ2v) is 11.9. The van der Waals surface area contributed by atoms with Crippen molar-refractivity contribution in [3.05, 3.63) is 0 Å². The van der Waals surface area contributed by atoms with Gasteiger partial charge in [-0.15, -0.1) is 0 Å². The molecule has 48 heavy (non-hydrogen) atoms. The van der Waals surface area contributed by atoms with Crippen molar-refractivity contribution in [3.8, 4) is 0 Å². The summed E-state index contributed by atoms with van der Waals surface area (Å²) >= 11 is 0. The summed E-state index contributed by atoms with van der Waals surface area (Å²) in [5.74, 6) is -0.693. The minimum absolute atomic E-state index is 0.693. The SMILES string of the molecule is CC(=O)N[C@H]1[C@H](O[C@H]2[C@@H](O)[C@@H](CO)O[C@H](O[C@@H]3[C@H](O)[C@@H](O)[C@H](O[C@@H]4[C@H](O)[C@@H](O)C(O)O[C@@H]4CO)O[C@@H]3CO)[C@@H]2O)O[C@H](CO)[C@H](O)[C@@H]1O. The van der Waals surface area contributed by atoms with Gasteiger partial charge in [0.05, 0.1) is 26.4 Å². The molecule has 0 bridgehead atoms. The van der Waals surface area contributed by atoms with E-state index in [2.05, 4.69) is 5.32 Å². The predicted octanol–water partition coefficient (Wildman–Crippen LogP) is -9.61. The average molecular weight is 708 g/mol. The Morgan fingerprint density at radius 3 is 1.48 bits per heavy atom. The summed E-state index contributed by atoms with van der Waals surface area (Å²) in [5, 5.41) is 136. The topological polar surface area (TPSA) is 357 Å². The van der Waals surface area contributed by atoms with Gasteiger partial charge in [-0.25, -0.2) is 0 Å². The molecule has 0 aromatic carbocycles. The number of aliphatic hydroxyl groups excluding tert-OH is 13. The van der Waals surface area contributed by atoms with Crippen molar-refractivity contribution >= 4 is 5.91 Å². The zero-order valence-corrected chi connectivity index (χ0v) is 25.5. The molecule has 22 heteroatoms. The molecule has 4 aliphatic heterocycles. The molecule has 0 aromatic rings. The molecule has 0 spiro atoms. The molecule has 1 unspecified atom stereocenters. The van der Waals surface area contributed by atoms with Crippen LogP contribution in [-0.4, -0.2) is 221 Å². The van der Waals surface area contributed by atoms with E-state index in [1.54, 1.807) is 0 Å². The number of aliphatic hydroxyl groups is 13. The van der Waals surface area contributed by atoms with E-state index >= 15 is 0 Å². The van der Waals surface area contributed by atoms with Crippen LogP contribution in [0.2, 0.25) is 0 Å². The van der Waals surface area contributed by atoms with Gasteiger partial charge in [-0.2, -0.15) is 0 Å². The molecule has 0 saturated carbocycles. The molecular weight excluding hydrogens is 662 g/mol. The number of hydrogen-bond acceptors (Lipinski definition) is 21. The smallest absolute Gasteiger partial charge is 0.217 e. The van der Waals surface area contributed by atoms with Gasteiger partial charge >= 0.3 is 0 Å². The van der Waals surface area contributed by atoms with Crippen LogP contribution in [0.3, 0.4) is 0 Å². The lowest BCUT2D eigenvalue weighted by atomic mass is 9.95. The summed E-state index contributed by atoms with van der Waals surface area (Å²) in [6, 6.07) is -1.49. The van der Waals surface area contributed by atoms with Crippen molar-refractivity contribution < 1.29 is 104 Å². The van der Waals surface area contributed by atoms with Gasteiger partial charge in [-0.3, -0.25) is 4.79 Å². The highest BCUT2D eigenvalue weighted by Crippen LogP contribution is 2.34. The molecule has 4 aliphatic rings. The molecule has 4 fully saturated rings. The van der Waals surface area contributed by atoms with E-state index in [-0.39, 0.29) is 0 Å². The third-order valence-corrected chi connectivity index (χ3v) is 8.61. The lowest BCUT2D eigenvalue weighted by molar-refractivity contribution is -0.385. The second kappa shape index (κ2) is 16.8. The lowest BCUT2D eigenvalue weighted by Crippen LogP contribution is -2.69. The van der Waals surface area contributed by atoms with E-state index in [0.29, 0.717) is 0 Å². The zero-order chi connectivity index (χ0) is 35.6. The van der Waals surface area contributed by atoms with Crippen LogP contribution in [0.25, 0.3) is 0 Å². The molecule has 1 amide bonds. The van der Waals surface area contributed by atoms with E-state index in [1.165, 1.54) is 0 Å². The van der Waals surface area contributed by atoms with E-state index < -0.39 is 155 Å². The molecule has 4 rings (SSSR count). The van der Waals surface area contributed by atoms with Crippen molar-refractivity contribution in [2.24, 2.45) is 0 Å². The van der Waals surface area contributed by atoms with Gasteiger partial charge < -0.3 is 105 Å². The first-order chi connectivity index (χ1) is 22.7. The van der Waals surface area contributed by atoms with Crippen molar-refractivity contribution in [2.75, 3.05) is 26.4 Å². The maximum atomic E-state index is 11.8.